The summed E-state index contributed by atoms with van der Waals surface area (Å²) in [7, 11) is 4.09. The number of nitrogen functional groups attached to an aromatic ring is 1. The van der Waals surface area contributed by atoms with Gasteiger partial charge in [0, 0.05) is 16.6 Å². The fraction of sp³-hybridized carbons (Fsp3) is 0.533. The van der Waals surface area contributed by atoms with Crippen LogP contribution in [0.25, 0.3) is 0 Å². The van der Waals surface area contributed by atoms with Gasteiger partial charge in [-0.15, -0.1) is 0 Å². The van der Waals surface area contributed by atoms with Crippen molar-refractivity contribution in [2.45, 2.75) is 31.2 Å². The Labute approximate surface area is 133 Å². The van der Waals surface area contributed by atoms with Gasteiger partial charge >= 0.3 is 0 Å². The minimum Gasteiger partial charge on any atom is -0.396 e. The second-order valence-electron chi connectivity index (χ2n) is 5.86. The van der Waals surface area contributed by atoms with Crippen LogP contribution in [-0.2, 0) is 0 Å². The Bertz CT molecular complexity index is 542. The molecule has 2 rings (SSSR count). The maximum atomic E-state index is 13.3. The molecule has 1 aromatic rings. The normalized spacial score (nSPS) is 17.2. The molecule has 0 aliphatic heterocycles. The van der Waals surface area contributed by atoms with Gasteiger partial charge < -0.3 is 16.0 Å². The third-order valence-corrected chi connectivity index (χ3v) is 5.05. The highest BCUT2D eigenvalue weighted by molar-refractivity contribution is 9.10. The van der Waals surface area contributed by atoms with Crippen LogP contribution >= 0.6 is 15.9 Å². The van der Waals surface area contributed by atoms with E-state index in [9.17, 15) is 9.18 Å². The number of nitrogens with two attached hydrogens (primary N) is 1. The van der Waals surface area contributed by atoms with E-state index < -0.39 is 5.82 Å². The van der Waals surface area contributed by atoms with Crippen LogP contribution in [0.1, 0.15) is 36.0 Å². The monoisotopic (exact) mass is 357 g/mol. The SMILES string of the molecule is CN(C)C1(CNC(=O)c2cc(N)c(F)cc2Br)CCCC1. The van der Waals surface area contributed by atoms with Gasteiger partial charge in [-0.1, -0.05) is 12.8 Å². The van der Waals surface area contributed by atoms with Crippen molar-refractivity contribution in [1.29, 1.82) is 0 Å². The fourth-order valence-electron chi connectivity index (χ4n) is 2.89. The van der Waals surface area contributed by atoms with Crippen molar-refractivity contribution in [3.63, 3.8) is 0 Å². The molecule has 0 radical (unpaired) electrons. The van der Waals surface area contributed by atoms with Crippen LogP contribution < -0.4 is 11.1 Å². The average molecular weight is 358 g/mol. The van der Waals surface area contributed by atoms with Gasteiger partial charge in [-0.25, -0.2) is 4.39 Å². The average Bonchev–Trinajstić information content (AvgIpc) is 2.90. The molecule has 4 nitrogen and oxygen atoms in total. The first-order chi connectivity index (χ1) is 9.85. The summed E-state index contributed by atoms with van der Waals surface area (Å²) in [6, 6.07) is 2.59. The Balaban J connectivity index is 2.10. The van der Waals surface area contributed by atoms with Gasteiger partial charge in [-0.2, -0.15) is 0 Å². The first-order valence-electron chi connectivity index (χ1n) is 7.06. The number of likely N-dealkylation sites (N-methyl/N-ethyl adjacent to an activating group) is 1. The molecule has 3 N–H and O–H groups in total. The van der Waals surface area contributed by atoms with E-state index in [0.717, 1.165) is 12.8 Å². The van der Waals surface area contributed by atoms with Crippen molar-refractivity contribution >= 4 is 27.5 Å². The van der Waals surface area contributed by atoms with Crippen molar-refractivity contribution in [3.05, 3.63) is 28.0 Å². The van der Waals surface area contributed by atoms with Crippen molar-refractivity contribution in [2.24, 2.45) is 0 Å². The Morgan fingerprint density at radius 2 is 2.05 bits per heavy atom. The van der Waals surface area contributed by atoms with Crippen LogP contribution in [0.15, 0.2) is 16.6 Å². The molecule has 6 heteroatoms. The quantitative estimate of drug-likeness (QED) is 0.814. The van der Waals surface area contributed by atoms with E-state index in [2.05, 4.69) is 26.1 Å². The van der Waals surface area contributed by atoms with Crippen LogP contribution in [0.5, 0.6) is 0 Å². The van der Waals surface area contributed by atoms with Gasteiger partial charge in [-0.05, 0) is 55.0 Å². The van der Waals surface area contributed by atoms with Crippen molar-refractivity contribution in [3.8, 4) is 0 Å². The Kier molecular flexibility index (Phi) is 4.88. The molecule has 0 saturated heterocycles. The van der Waals surface area contributed by atoms with E-state index in [1.165, 1.54) is 25.0 Å². The molecule has 1 aromatic carbocycles. The summed E-state index contributed by atoms with van der Waals surface area (Å²) in [6.07, 6.45) is 4.52. The minimum absolute atomic E-state index is 0.0215. The predicted molar refractivity (Wildman–Crippen MR) is 85.7 cm³/mol. The van der Waals surface area contributed by atoms with Crippen molar-refractivity contribution < 1.29 is 9.18 Å². The number of hydrogen-bond donors (Lipinski definition) is 2. The molecule has 0 aromatic heterocycles. The number of halogens is 2. The highest BCUT2D eigenvalue weighted by atomic mass is 79.9. The molecule has 0 unspecified atom stereocenters. The predicted octanol–water partition coefficient (Wildman–Crippen LogP) is 2.77. The van der Waals surface area contributed by atoms with Crippen LogP contribution in [0.4, 0.5) is 10.1 Å². The lowest BCUT2D eigenvalue weighted by Crippen LogP contribution is -2.50. The molecule has 116 valence electrons. The van der Waals surface area contributed by atoms with Crippen molar-refractivity contribution in [2.75, 3.05) is 26.4 Å². The smallest absolute Gasteiger partial charge is 0.252 e. The zero-order valence-electron chi connectivity index (χ0n) is 12.4. The fourth-order valence-corrected chi connectivity index (χ4v) is 3.39. The zero-order chi connectivity index (χ0) is 15.6. The maximum Gasteiger partial charge on any atom is 0.252 e. The minimum atomic E-state index is -0.529. The molecule has 21 heavy (non-hydrogen) atoms. The second-order valence-corrected chi connectivity index (χ2v) is 6.72. The summed E-state index contributed by atoms with van der Waals surface area (Å²) < 4.78 is 13.7. The lowest BCUT2D eigenvalue weighted by Gasteiger charge is -2.36. The molecular weight excluding hydrogens is 337 g/mol. The second kappa shape index (κ2) is 6.32. The summed E-state index contributed by atoms with van der Waals surface area (Å²) in [4.78, 5) is 14.5. The Morgan fingerprint density at radius 3 is 2.62 bits per heavy atom. The molecule has 1 aliphatic rings. The third-order valence-electron chi connectivity index (χ3n) is 4.39. The standard InChI is InChI=1S/C15H21BrFN3O/c1-20(2)15(5-3-4-6-15)9-19-14(21)10-7-13(18)12(17)8-11(10)16/h7-8H,3-6,9,18H2,1-2H3,(H,19,21). The molecule has 1 amide bonds. The Morgan fingerprint density at radius 1 is 1.43 bits per heavy atom. The van der Waals surface area contributed by atoms with Crippen LogP contribution in [0.2, 0.25) is 0 Å². The molecule has 0 spiro atoms. The van der Waals surface area contributed by atoms with Gasteiger partial charge in [-0.3, -0.25) is 4.79 Å². The highest BCUT2D eigenvalue weighted by Gasteiger charge is 2.36. The number of nitrogens with zero attached hydrogens (tertiary/aromatic N) is 1. The van der Waals surface area contributed by atoms with Gasteiger partial charge in [0.1, 0.15) is 5.82 Å². The van der Waals surface area contributed by atoms with Crippen LogP contribution in [-0.4, -0.2) is 37.0 Å². The first-order valence-corrected chi connectivity index (χ1v) is 7.85. The van der Waals surface area contributed by atoms with Crippen LogP contribution in [0.3, 0.4) is 0 Å². The number of benzene rings is 1. The Hall–Kier alpha value is -1.14. The van der Waals surface area contributed by atoms with Gasteiger partial charge in [0.05, 0.1) is 11.3 Å². The number of carbonyl (C=O) groups is 1. The number of hydrogen-bond acceptors (Lipinski definition) is 3. The highest BCUT2D eigenvalue weighted by Crippen LogP contribution is 2.33. The van der Waals surface area contributed by atoms with E-state index in [1.54, 1.807) is 0 Å². The topological polar surface area (TPSA) is 58.4 Å². The molecule has 1 saturated carbocycles. The van der Waals surface area contributed by atoms with E-state index in [-0.39, 0.29) is 17.1 Å². The number of carbonyl (C=O) groups excluding carboxylic acids is 1. The van der Waals surface area contributed by atoms with Crippen LogP contribution in [0, 0.1) is 5.82 Å². The van der Waals surface area contributed by atoms with Gasteiger partial charge in [0.2, 0.25) is 0 Å². The number of nitrogens with one attached hydrogen (secondary N) is 1. The summed E-state index contributed by atoms with van der Waals surface area (Å²) >= 11 is 3.21. The summed E-state index contributed by atoms with van der Waals surface area (Å²) in [6.45, 7) is 0.586. The van der Waals surface area contributed by atoms with Gasteiger partial charge in [0.25, 0.3) is 5.91 Å². The van der Waals surface area contributed by atoms with E-state index in [4.69, 9.17) is 5.73 Å². The zero-order valence-corrected chi connectivity index (χ0v) is 14.0. The molecule has 0 bridgehead atoms. The number of anilines is 1. The molecule has 0 atom stereocenters. The van der Waals surface area contributed by atoms with E-state index >= 15 is 0 Å². The molecule has 0 heterocycles. The molecular formula is C15H21BrFN3O. The molecule has 1 fully saturated rings. The lowest BCUT2D eigenvalue weighted by molar-refractivity contribution is 0.0899. The maximum absolute atomic E-state index is 13.3. The summed E-state index contributed by atoms with van der Waals surface area (Å²) in [5.74, 6) is -0.763. The third kappa shape index (κ3) is 3.37. The number of amides is 1. The van der Waals surface area contributed by atoms with Gasteiger partial charge in [0.15, 0.2) is 0 Å². The summed E-state index contributed by atoms with van der Waals surface area (Å²) in [5, 5.41) is 2.96. The number of rotatable bonds is 4. The van der Waals surface area contributed by atoms with E-state index in [1.807, 2.05) is 14.1 Å². The summed E-state index contributed by atoms with van der Waals surface area (Å²) in [5.41, 5.74) is 5.90. The van der Waals surface area contributed by atoms with E-state index in [0.29, 0.717) is 16.6 Å². The largest absolute Gasteiger partial charge is 0.396 e. The molecule has 1 aliphatic carbocycles. The van der Waals surface area contributed by atoms with Crippen molar-refractivity contribution in [1.82, 2.24) is 10.2 Å². The lowest BCUT2D eigenvalue weighted by atomic mass is 9.96. The first kappa shape index (κ1) is 16.2.